The van der Waals surface area contributed by atoms with Gasteiger partial charge in [-0.2, -0.15) is 0 Å². The number of carbonyl (C=O) groups is 3. The Bertz CT molecular complexity index is 972. The Balaban J connectivity index is 1.98. The van der Waals surface area contributed by atoms with E-state index in [0.717, 1.165) is 4.90 Å². The Morgan fingerprint density at radius 2 is 1.89 bits per heavy atom. The molecule has 8 heteroatoms. The van der Waals surface area contributed by atoms with Gasteiger partial charge in [0, 0.05) is 5.02 Å². The minimum atomic E-state index is -0.839. The summed E-state index contributed by atoms with van der Waals surface area (Å²) in [4.78, 5) is 38.0. The van der Waals surface area contributed by atoms with E-state index >= 15 is 0 Å². The van der Waals surface area contributed by atoms with Crippen LogP contribution in [0.25, 0.3) is 6.08 Å². The van der Waals surface area contributed by atoms with Crippen LogP contribution < -0.4 is 15.0 Å². The summed E-state index contributed by atoms with van der Waals surface area (Å²) in [5.74, 6) is -1.04. The van der Waals surface area contributed by atoms with Gasteiger partial charge in [0.25, 0.3) is 11.8 Å². The van der Waals surface area contributed by atoms with Gasteiger partial charge in [-0.15, -0.1) is 0 Å². The van der Waals surface area contributed by atoms with Crippen LogP contribution in [0.4, 0.5) is 10.5 Å². The molecule has 6 nitrogen and oxygen atoms in total. The van der Waals surface area contributed by atoms with Crippen molar-refractivity contribution in [2.45, 2.75) is 6.92 Å². The van der Waals surface area contributed by atoms with Crippen molar-refractivity contribution in [3.05, 3.63) is 63.6 Å². The molecule has 27 heavy (non-hydrogen) atoms. The monoisotopic (exact) mass is 404 g/mol. The molecule has 0 spiro atoms. The highest BCUT2D eigenvalue weighted by Crippen LogP contribution is 2.28. The van der Waals surface area contributed by atoms with Gasteiger partial charge in [-0.05, 0) is 48.9 Å². The van der Waals surface area contributed by atoms with Crippen LogP contribution in [-0.4, -0.2) is 24.5 Å². The van der Waals surface area contributed by atoms with E-state index in [9.17, 15) is 14.4 Å². The number of imide groups is 2. The Morgan fingerprint density at radius 1 is 1.11 bits per heavy atom. The summed E-state index contributed by atoms with van der Waals surface area (Å²) in [6.07, 6.45) is 1.36. The number of hydrogen-bond donors (Lipinski definition) is 1. The van der Waals surface area contributed by atoms with Gasteiger partial charge in [0.2, 0.25) is 0 Å². The highest BCUT2D eigenvalue weighted by Gasteiger charge is 2.36. The lowest BCUT2D eigenvalue weighted by Crippen LogP contribution is -2.54. The summed E-state index contributed by atoms with van der Waals surface area (Å²) in [5.41, 5.74) is 0.574. The van der Waals surface area contributed by atoms with Crippen molar-refractivity contribution >= 4 is 52.8 Å². The standard InChI is InChI=1S/C19H14Cl2N2O4/c1-2-27-16-7-6-11(9-15(16)21)8-14-17(24)22-19(26)23(18(14)25)13-5-3-4-12(20)10-13/h3-10H,2H2,1H3,(H,22,24,26)/b14-8-. The highest BCUT2D eigenvalue weighted by atomic mass is 35.5. The third kappa shape index (κ3) is 3.97. The van der Waals surface area contributed by atoms with Crippen LogP contribution in [0, 0.1) is 0 Å². The van der Waals surface area contributed by atoms with E-state index < -0.39 is 17.8 Å². The molecule has 2 aromatic carbocycles. The summed E-state index contributed by atoms with van der Waals surface area (Å²) in [7, 11) is 0. The van der Waals surface area contributed by atoms with Crippen LogP contribution in [0.5, 0.6) is 5.75 Å². The lowest BCUT2D eigenvalue weighted by molar-refractivity contribution is -0.122. The molecule has 1 N–H and O–H groups in total. The van der Waals surface area contributed by atoms with E-state index in [4.69, 9.17) is 27.9 Å². The van der Waals surface area contributed by atoms with Crippen molar-refractivity contribution < 1.29 is 19.1 Å². The van der Waals surface area contributed by atoms with Crippen molar-refractivity contribution in [3.63, 3.8) is 0 Å². The average Bonchev–Trinajstić information content (AvgIpc) is 2.61. The summed E-state index contributed by atoms with van der Waals surface area (Å²) in [6, 6.07) is 10.2. The minimum Gasteiger partial charge on any atom is -0.492 e. The first-order valence-corrected chi connectivity index (χ1v) is 8.75. The number of anilines is 1. The third-order valence-corrected chi connectivity index (χ3v) is 4.27. The minimum absolute atomic E-state index is 0.199. The molecule has 2 aromatic rings. The van der Waals surface area contributed by atoms with Gasteiger partial charge in [0.1, 0.15) is 11.3 Å². The van der Waals surface area contributed by atoms with Crippen molar-refractivity contribution in [1.82, 2.24) is 5.32 Å². The number of amides is 4. The van der Waals surface area contributed by atoms with E-state index in [2.05, 4.69) is 5.32 Å². The Labute approximate surface area is 165 Å². The van der Waals surface area contributed by atoms with E-state index in [-0.39, 0.29) is 11.3 Å². The largest absolute Gasteiger partial charge is 0.492 e. The number of carbonyl (C=O) groups excluding carboxylic acids is 3. The van der Waals surface area contributed by atoms with Crippen molar-refractivity contribution in [2.75, 3.05) is 11.5 Å². The fourth-order valence-electron chi connectivity index (χ4n) is 2.55. The molecule has 1 aliphatic rings. The predicted octanol–water partition coefficient (Wildman–Crippen LogP) is 4.06. The van der Waals surface area contributed by atoms with Gasteiger partial charge in [-0.1, -0.05) is 35.3 Å². The van der Waals surface area contributed by atoms with Crippen LogP contribution in [-0.2, 0) is 9.59 Å². The maximum atomic E-state index is 12.8. The van der Waals surface area contributed by atoms with Crippen LogP contribution in [0.3, 0.4) is 0 Å². The van der Waals surface area contributed by atoms with Crippen LogP contribution in [0.15, 0.2) is 48.0 Å². The first kappa shape index (κ1) is 18.9. The van der Waals surface area contributed by atoms with E-state index in [0.29, 0.717) is 28.0 Å². The maximum Gasteiger partial charge on any atom is 0.335 e. The highest BCUT2D eigenvalue weighted by molar-refractivity contribution is 6.39. The second-order valence-electron chi connectivity index (χ2n) is 5.56. The molecular weight excluding hydrogens is 391 g/mol. The van der Waals surface area contributed by atoms with E-state index in [1.165, 1.54) is 12.1 Å². The molecule has 1 heterocycles. The van der Waals surface area contributed by atoms with Crippen molar-refractivity contribution in [2.24, 2.45) is 0 Å². The fraction of sp³-hybridized carbons (Fsp3) is 0.105. The van der Waals surface area contributed by atoms with Crippen molar-refractivity contribution in [1.29, 1.82) is 0 Å². The molecule has 1 saturated heterocycles. The first-order chi connectivity index (χ1) is 12.9. The number of nitrogens with one attached hydrogen (secondary N) is 1. The smallest absolute Gasteiger partial charge is 0.335 e. The number of ether oxygens (including phenoxy) is 1. The SMILES string of the molecule is CCOc1ccc(/C=C2/C(=O)NC(=O)N(c3cccc(Cl)c3)C2=O)cc1Cl. The summed E-state index contributed by atoms with van der Waals surface area (Å²) >= 11 is 12.1. The number of nitrogens with zero attached hydrogens (tertiary/aromatic N) is 1. The molecule has 0 radical (unpaired) electrons. The molecule has 138 valence electrons. The summed E-state index contributed by atoms with van der Waals surface area (Å²) in [5, 5.41) is 2.85. The average molecular weight is 405 g/mol. The second kappa shape index (κ2) is 7.82. The zero-order chi connectivity index (χ0) is 19.6. The number of barbiturate groups is 1. The fourth-order valence-corrected chi connectivity index (χ4v) is 2.98. The molecule has 0 bridgehead atoms. The van der Waals surface area contributed by atoms with E-state index in [1.54, 1.807) is 36.4 Å². The van der Waals surface area contributed by atoms with Crippen LogP contribution >= 0.6 is 23.2 Å². The number of hydrogen-bond acceptors (Lipinski definition) is 4. The molecule has 0 aliphatic carbocycles. The topological polar surface area (TPSA) is 75.7 Å². The molecule has 0 atom stereocenters. The zero-order valence-corrected chi connectivity index (χ0v) is 15.7. The number of urea groups is 1. The number of halogens is 2. The van der Waals surface area contributed by atoms with Gasteiger partial charge in [0.05, 0.1) is 17.3 Å². The number of benzene rings is 2. The molecular formula is C19H14Cl2N2O4. The van der Waals surface area contributed by atoms with Crippen LogP contribution in [0.2, 0.25) is 10.0 Å². The maximum absolute atomic E-state index is 12.8. The van der Waals surface area contributed by atoms with Crippen LogP contribution in [0.1, 0.15) is 12.5 Å². The lowest BCUT2D eigenvalue weighted by Gasteiger charge is -2.26. The Kier molecular flexibility index (Phi) is 5.48. The van der Waals surface area contributed by atoms with Gasteiger partial charge in [-0.3, -0.25) is 14.9 Å². The van der Waals surface area contributed by atoms with Gasteiger partial charge >= 0.3 is 6.03 Å². The molecule has 0 saturated carbocycles. The summed E-state index contributed by atoms with van der Waals surface area (Å²) < 4.78 is 5.36. The molecule has 4 amide bonds. The lowest BCUT2D eigenvalue weighted by atomic mass is 10.1. The quantitative estimate of drug-likeness (QED) is 0.615. The van der Waals surface area contributed by atoms with Gasteiger partial charge in [-0.25, -0.2) is 9.69 Å². The number of rotatable bonds is 4. The normalized spacial score (nSPS) is 15.9. The molecule has 1 aliphatic heterocycles. The molecule has 3 rings (SSSR count). The zero-order valence-electron chi connectivity index (χ0n) is 14.2. The van der Waals surface area contributed by atoms with Gasteiger partial charge < -0.3 is 4.74 Å². The van der Waals surface area contributed by atoms with Crippen molar-refractivity contribution in [3.8, 4) is 5.75 Å². The molecule has 1 fully saturated rings. The predicted molar refractivity (Wildman–Crippen MR) is 103 cm³/mol. The third-order valence-electron chi connectivity index (χ3n) is 3.73. The second-order valence-corrected chi connectivity index (χ2v) is 6.40. The Hall–Kier alpha value is -2.83. The van der Waals surface area contributed by atoms with E-state index in [1.807, 2.05) is 6.92 Å². The first-order valence-electron chi connectivity index (χ1n) is 8.00. The Morgan fingerprint density at radius 3 is 2.56 bits per heavy atom. The molecule has 0 unspecified atom stereocenters. The van der Waals surface area contributed by atoms with Gasteiger partial charge in [0.15, 0.2) is 0 Å². The molecule has 0 aromatic heterocycles. The summed E-state index contributed by atoms with van der Waals surface area (Å²) in [6.45, 7) is 2.29.